The molecular formula is C22H30IN3S. The molecule has 1 aliphatic rings. The largest absolute Gasteiger partial charge is 1.00 e. The third kappa shape index (κ3) is 5.06. The summed E-state index contributed by atoms with van der Waals surface area (Å²) in [6, 6.07) is 13.2. The predicted molar refractivity (Wildman–Crippen MR) is 113 cm³/mol. The number of anilines is 1. The van der Waals surface area contributed by atoms with Gasteiger partial charge in [0.2, 0.25) is 0 Å². The smallest absolute Gasteiger partial charge is 0.179 e. The van der Waals surface area contributed by atoms with Crippen LogP contribution in [0.2, 0.25) is 0 Å². The zero-order chi connectivity index (χ0) is 18.7. The highest BCUT2D eigenvalue weighted by atomic mass is 127. The van der Waals surface area contributed by atoms with Crippen molar-refractivity contribution in [3.8, 4) is 0 Å². The lowest BCUT2D eigenvalue weighted by Gasteiger charge is -2.17. The molecule has 0 fully saturated rings. The maximum Gasteiger partial charge on any atom is 0.179 e. The van der Waals surface area contributed by atoms with E-state index in [9.17, 15) is 0 Å². The summed E-state index contributed by atoms with van der Waals surface area (Å²) in [7, 11) is 2.15. The van der Waals surface area contributed by atoms with Gasteiger partial charge < -0.3 is 28.9 Å². The average molecular weight is 495 g/mol. The van der Waals surface area contributed by atoms with Crippen LogP contribution in [0.5, 0.6) is 0 Å². The normalized spacial score (nSPS) is 14.6. The summed E-state index contributed by atoms with van der Waals surface area (Å²) in [5.41, 5.74) is 5.22. The molecule has 0 N–H and O–H groups in total. The average Bonchev–Trinajstić information content (AvgIpc) is 2.94. The monoisotopic (exact) mass is 495 g/mol. The van der Waals surface area contributed by atoms with Crippen molar-refractivity contribution in [3.05, 3.63) is 58.4 Å². The van der Waals surface area contributed by atoms with E-state index in [0.717, 1.165) is 26.2 Å². The maximum atomic E-state index is 2.48. The third-order valence-electron chi connectivity index (χ3n) is 5.20. The van der Waals surface area contributed by atoms with E-state index in [0.29, 0.717) is 0 Å². The van der Waals surface area contributed by atoms with Gasteiger partial charge in [0.1, 0.15) is 0 Å². The second kappa shape index (κ2) is 9.94. The number of pyridine rings is 1. The Balaban J connectivity index is 0.00000261. The van der Waals surface area contributed by atoms with Crippen molar-refractivity contribution in [3.63, 3.8) is 0 Å². The number of para-hydroxylation sites is 1. The van der Waals surface area contributed by atoms with E-state index in [1.165, 1.54) is 32.6 Å². The van der Waals surface area contributed by atoms with E-state index < -0.39 is 0 Å². The van der Waals surface area contributed by atoms with Crippen LogP contribution in [-0.4, -0.2) is 31.6 Å². The Hall–Kier alpha value is -1.05. The third-order valence-corrected chi connectivity index (χ3v) is 6.36. The molecule has 2 aromatic rings. The van der Waals surface area contributed by atoms with Crippen LogP contribution in [0.1, 0.15) is 30.8 Å². The van der Waals surface area contributed by atoms with E-state index in [2.05, 4.69) is 91.6 Å². The second-order valence-corrected chi connectivity index (χ2v) is 7.92. The molecule has 27 heavy (non-hydrogen) atoms. The van der Waals surface area contributed by atoms with Gasteiger partial charge in [-0.25, -0.2) is 0 Å². The molecular weight excluding hydrogens is 465 g/mol. The molecule has 3 nitrogen and oxygen atoms in total. The Labute approximate surface area is 185 Å². The van der Waals surface area contributed by atoms with Crippen molar-refractivity contribution in [2.24, 2.45) is 0 Å². The number of halogens is 1. The van der Waals surface area contributed by atoms with Crippen molar-refractivity contribution in [1.82, 2.24) is 4.90 Å². The molecule has 0 bridgehead atoms. The molecule has 0 unspecified atom stereocenters. The van der Waals surface area contributed by atoms with Crippen molar-refractivity contribution in [2.45, 2.75) is 39.1 Å². The van der Waals surface area contributed by atoms with Gasteiger partial charge in [-0.05, 0) is 36.9 Å². The molecule has 1 aromatic heterocycles. The molecule has 0 amide bonds. The Bertz CT molecular complexity index is 792. The lowest BCUT2D eigenvalue weighted by molar-refractivity contribution is -0.708. The van der Waals surface area contributed by atoms with Crippen molar-refractivity contribution >= 4 is 23.5 Å². The number of aryl methyl sites for hydroxylation is 2. The summed E-state index contributed by atoms with van der Waals surface area (Å²) < 4.78 is 2.43. The molecule has 146 valence electrons. The number of benzene rings is 1. The highest BCUT2D eigenvalue weighted by Gasteiger charge is 2.22. The molecule has 1 aliphatic heterocycles. The summed E-state index contributed by atoms with van der Waals surface area (Å²) in [5, 5.41) is 1.28. The summed E-state index contributed by atoms with van der Waals surface area (Å²) in [6.07, 6.45) is 2.30. The molecule has 2 heterocycles. The van der Waals surface area contributed by atoms with Crippen molar-refractivity contribution < 1.29 is 28.5 Å². The van der Waals surface area contributed by atoms with Gasteiger partial charge in [0.05, 0.1) is 17.3 Å². The lowest BCUT2D eigenvalue weighted by Crippen LogP contribution is -3.00. The molecule has 0 aliphatic carbocycles. The van der Waals surface area contributed by atoms with Crippen molar-refractivity contribution in [1.29, 1.82) is 0 Å². The van der Waals surface area contributed by atoms with Crippen LogP contribution in [0.15, 0.2) is 46.3 Å². The minimum absolute atomic E-state index is 0. The summed E-state index contributed by atoms with van der Waals surface area (Å²) in [6.45, 7) is 13.3. The second-order valence-electron chi connectivity index (χ2n) is 6.86. The molecule has 1 aromatic carbocycles. The summed E-state index contributed by atoms with van der Waals surface area (Å²) in [4.78, 5) is 6.09. The Morgan fingerprint density at radius 1 is 1.07 bits per heavy atom. The van der Waals surface area contributed by atoms with Crippen LogP contribution in [0, 0.1) is 13.8 Å². The number of fused-ring (bicyclic) bond motifs is 1. The minimum Gasteiger partial charge on any atom is -1.00 e. The van der Waals surface area contributed by atoms with Gasteiger partial charge in [-0.1, -0.05) is 37.7 Å². The predicted octanol–water partition coefficient (Wildman–Crippen LogP) is 1.48. The number of hydrogen-bond donors (Lipinski definition) is 0. The van der Waals surface area contributed by atoms with E-state index in [1.807, 2.05) is 11.8 Å². The Morgan fingerprint density at radius 2 is 1.70 bits per heavy atom. The topological polar surface area (TPSA) is 10.4 Å². The van der Waals surface area contributed by atoms with Gasteiger partial charge in [0.15, 0.2) is 17.9 Å². The number of likely N-dealkylation sites (N-methyl/N-ethyl adjacent to an activating group) is 1. The van der Waals surface area contributed by atoms with Gasteiger partial charge in [-0.3, -0.25) is 4.90 Å². The fourth-order valence-corrected chi connectivity index (χ4v) is 4.68. The molecule has 3 rings (SSSR count). The zero-order valence-electron chi connectivity index (χ0n) is 17.0. The fraction of sp³-hybridized carbons (Fsp3) is 0.409. The number of rotatable bonds is 6. The number of aromatic nitrogens is 1. The van der Waals surface area contributed by atoms with E-state index >= 15 is 0 Å². The molecule has 0 atom stereocenters. The quantitative estimate of drug-likeness (QED) is 0.445. The van der Waals surface area contributed by atoms with Crippen LogP contribution in [0.3, 0.4) is 0 Å². The van der Waals surface area contributed by atoms with E-state index in [4.69, 9.17) is 0 Å². The standard InChI is InChI=1S/C22H30N3S.HI/c1-6-24(7-2)12-13-25-17(3)14-19(15-18(25)4)16-22-23(5)20-10-8-9-11-21(20)26-22;/h8-11,14-16H,6-7,12-13H2,1-5H3;1H/q+1;/p-1. The molecule has 5 heteroatoms. The van der Waals surface area contributed by atoms with Gasteiger partial charge in [0, 0.05) is 37.9 Å². The van der Waals surface area contributed by atoms with Crippen LogP contribution >= 0.6 is 11.8 Å². The minimum atomic E-state index is 0. The summed E-state index contributed by atoms with van der Waals surface area (Å²) in [5.74, 6) is 0. The molecule has 0 saturated carbocycles. The van der Waals surface area contributed by atoms with Crippen LogP contribution < -0.4 is 33.4 Å². The number of thioether (sulfide) groups is 1. The highest BCUT2D eigenvalue weighted by molar-refractivity contribution is 8.03. The maximum absolute atomic E-state index is 2.48. The van der Waals surface area contributed by atoms with Crippen LogP contribution in [-0.2, 0) is 6.54 Å². The first-order valence-corrected chi connectivity index (χ1v) is 10.3. The zero-order valence-corrected chi connectivity index (χ0v) is 20.0. The van der Waals surface area contributed by atoms with E-state index in [-0.39, 0.29) is 24.0 Å². The SMILES string of the molecule is CCN(CC)CC[n+]1c(C)cc(/C=C2/Sc3ccccc3N2C)cc1C.[I-]. The van der Waals surface area contributed by atoms with Gasteiger partial charge in [-0.2, -0.15) is 4.57 Å². The molecule has 0 saturated heterocycles. The van der Waals surface area contributed by atoms with Crippen LogP contribution in [0.4, 0.5) is 5.69 Å². The Kier molecular flexibility index (Phi) is 8.19. The first-order chi connectivity index (χ1) is 12.5. The highest BCUT2D eigenvalue weighted by Crippen LogP contribution is 2.45. The fourth-order valence-electron chi connectivity index (χ4n) is 3.56. The first kappa shape index (κ1) is 22.2. The van der Waals surface area contributed by atoms with E-state index in [1.54, 1.807) is 0 Å². The van der Waals surface area contributed by atoms with Crippen LogP contribution in [0.25, 0.3) is 6.08 Å². The molecule has 0 radical (unpaired) electrons. The summed E-state index contributed by atoms with van der Waals surface area (Å²) >= 11 is 1.85. The van der Waals surface area contributed by atoms with Gasteiger partial charge in [0.25, 0.3) is 0 Å². The van der Waals surface area contributed by atoms with Gasteiger partial charge in [-0.15, -0.1) is 0 Å². The van der Waals surface area contributed by atoms with Crippen molar-refractivity contribution in [2.75, 3.05) is 31.6 Å². The lowest BCUT2D eigenvalue weighted by atomic mass is 10.1. The number of hydrogen-bond acceptors (Lipinski definition) is 3. The molecule has 0 spiro atoms. The Morgan fingerprint density at radius 3 is 2.30 bits per heavy atom. The first-order valence-electron chi connectivity index (χ1n) is 9.49. The van der Waals surface area contributed by atoms with Gasteiger partial charge >= 0.3 is 0 Å². The number of nitrogens with zero attached hydrogens (tertiary/aromatic N) is 3.